The molecule has 1 unspecified atom stereocenters. The molecule has 0 spiro atoms. The van der Waals surface area contributed by atoms with Crippen LogP contribution < -0.4 is 5.32 Å². The highest BCUT2D eigenvalue weighted by molar-refractivity contribution is 5.48. The van der Waals surface area contributed by atoms with Crippen molar-refractivity contribution in [3.63, 3.8) is 0 Å². The topological polar surface area (TPSA) is 52.9 Å². The predicted octanol–water partition coefficient (Wildman–Crippen LogP) is -0.445. The van der Waals surface area contributed by atoms with Crippen LogP contribution in [0.1, 0.15) is 6.92 Å². The second kappa shape index (κ2) is 3.16. The molecule has 0 aliphatic rings. The monoisotopic (exact) mass is 97.0 g/mol. The Kier molecular flexibility index (Phi) is 2.69. The number of amides is 1. The normalized spacial score (nSPS) is 11.4. The van der Waals surface area contributed by atoms with E-state index in [-0.39, 0.29) is 0 Å². The number of nitrogens with zero attached hydrogens (tertiary/aromatic N) is 1. The zero-order chi connectivity index (χ0) is 5.70. The van der Waals surface area contributed by atoms with Crippen LogP contribution in [0.4, 0.5) is 0 Å². The molecule has 37 valence electrons. The third-order valence-corrected chi connectivity index (χ3v) is 0.469. The minimum atomic E-state index is -0.419. The highest BCUT2D eigenvalue weighted by Crippen LogP contribution is 1.68. The van der Waals surface area contributed by atoms with Crippen LogP contribution in [-0.4, -0.2) is 12.5 Å². The molecule has 3 nitrogen and oxygen atoms in total. The molecule has 1 amide bonds. The van der Waals surface area contributed by atoms with Gasteiger partial charge in [0.15, 0.2) is 0 Å². The first kappa shape index (κ1) is 5.96. The predicted molar refractivity (Wildman–Crippen MR) is 23.9 cm³/mol. The maximum absolute atomic E-state index is 9.39. The maximum atomic E-state index is 9.39. The fourth-order valence-electron chi connectivity index (χ4n) is 0.121. The average molecular weight is 97.1 g/mol. The van der Waals surface area contributed by atoms with Crippen molar-refractivity contribution in [2.45, 2.75) is 13.0 Å². The van der Waals surface area contributed by atoms with Gasteiger partial charge < -0.3 is 5.32 Å². The number of rotatable bonds is 2. The second-order valence-corrected chi connectivity index (χ2v) is 1.10. The van der Waals surface area contributed by atoms with Gasteiger partial charge in [0.2, 0.25) is 0 Å². The summed E-state index contributed by atoms with van der Waals surface area (Å²) < 4.78 is 0. The first-order valence-electron chi connectivity index (χ1n) is 1.83. The summed E-state index contributed by atoms with van der Waals surface area (Å²) >= 11 is 0. The fraction of sp³-hybridized carbons (Fsp3) is 0.500. The SMILES string of the molecule is CC(C#N)N[C]=O. The molecule has 0 rings (SSSR count). The van der Waals surface area contributed by atoms with E-state index in [1.807, 2.05) is 0 Å². The van der Waals surface area contributed by atoms with Crippen LogP contribution in [0, 0.1) is 11.3 Å². The lowest BCUT2D eigenvalue weighted by molar-refractivity contribution is 0.538. The lowest BCUT2D eigenvalue weighted by Crippen LogP contribution is -2.21. The van der Waals surface area contributed by atoms with Crippen LogP contribution in [0.3, 0.4) is 0 Å². The molecule has 0 aliphatic carbocycles. The van der Waals surface area contributed by atoms with Gasteiger partial charge in [-0.05, 0) is 6.92 Å². The Morgan fingerprint density at radius 1 is 1.86 bits per heavy atom. The van der Waals surface area contributed by atoms with E-state index in [0.717, 1.165) is 0 Å². The van der Waals surface area contributed by atoms with Crippen LogP contribution in [0.2, 0.25) is 0 Å². The molecule has 0 aliphatic heterocycles. The van der Waals surface area contributed by atoms with E-state index in [2.05, 4.69) is 5.32 Å². The third-order valence-electron chi connectivity index (χ3n) is 0.469. The zero-order valence-electron chi connectivity index (χ0n) is 3.93. The Morgan fingerprint density at radius 3 is 2.57 bits per heavy atom. The molecule has 1 N–H and O–H groups in total. The van der Waals surface area contributed by atoms with Gasteiger partial charge in [0.25, 0.3) is 0 Å². The summed E-state index contributed by atoms with van der Waals surface area (Å²) in [5.41, 5.74) is 0. The lowest BCUT2D eigenvalue weighted by atomic mass is 10.4. The van der Waals surface area contributed by atoms with E-state index >= 15 is 0 Å². The highest BCUT2D eigenvalue weighted by Gasteiger charge is 1.90. The number of carbonyl (C=O) groups excluding carboxylic acids is 1. The largest absolute Gasteiger partial charge is 0.332 e. The molecule has 0 aromatic heterocycles. The zero-order valence-corrected chi connectivity index (χ0v) is 3.93. The van der Waals surface area contributed by atoms with Crippen molar-refractivity contribution in [2.24, 2.45) is 0 Å². The smallest absolute Gasteiger partial charge is 0.310 e. The molecule has 0 saturated heterocycles. The number of nitriles is 1. The molecule has 3 heteroatoms. The van der Waals surface area contributed by atoms with E-state index in [1.54, 1.807) is 13.0 Å². The molecule has 0 fully saturated rings. The van der Waals surface area contributed by atoms with Crippen LogP contribution in [0.5, 0.6) is 0 Å². The van der Waals surface area contributed by atoms with Crippen LogP contribution >= 0.6 is 0 Å². The van der Waals surface area contributed by atoms with Gasteiger partial charge in [-0.2, -0.15) is 5.26 Å². The fourth-order valence-corrected chi connectivity index (χ4v) is 0.121. The Bertz CT molecular complexity index is 94.4. The van der Waals surface area contributed by atoms with E-state index in [0.29, 0.717) is 0 Å². The van der Waals surface area contributed by atoms with Crippen molar-refractivity contribution >= 4 is 6.41 Å². The Hall–Kier alpha value is -1.04. The van der Waals surface area contributed by atoms with Crippen LogP contribution in [-0.2, 0) is 4.79 Å². The molecule has 1 radical (unpaired) electrons. The van der Waals surface area contributed by atoms with Crippen molar-refractivity contribution in [1.82, 2.24) is 5.32 Å². The van der Waals surface area contributed by atoms with E-state index in [1.165, 1.54) is 6.41 Å². The minimum Gasteiger partial charge on any atom is -0.332 e. The molecular weight excluding hydrogens is 92.1 g/mol. The first-order valence-corrected chi connectivity index (χ1v) is 1.83. The van der Waals surface area contributed by atoms with Crippen molar-refractivity contribution in [1.29, 1.82) is 5.26 Å². The summed E-state index contributed by atoms with van der Waals surface area (Å²) in [6.07, 6.45) is 1.40. The quantitative estimate of drug-likeness (QED) is 0.475. The average Bonchev–Trinajstić information content (AvgIpc) is 1.68. The summed E-state index contributed by atoms with van der Waals surface area (Å²) in [5, 5.41) is 10.1. The first-order chi connectivity index (χ1) is 3.31. The lowest BCUT2D eigenvalue weighted by Gasteiger charge is -1.91. The van der Waals surface area contributed by atoms with E-state index in [4.69, 9.17) is 5.26 Å². The van der Waals surface area contributed by atoms with Crippen LogP contribution in [0.15, 0.2) is 0 Å². The summed E-state index contributed by atoms with van der Waals surface area (Å²) in [6, 6.07) is 1.37. The van der Waals surface area contributed by atoms with E-state index < -0.39 is 6.04 Å². The van der Waals surface area contributed by atoms with Gasteiger partial charge >= 0.3 is 6.41 Å². The molecule has 1 atom stereocenters. The van der Waals surface area contributed by atoms with Crippen molar-refractivity contribution in [3.05, 3.63) is 0 Å². The van der Waals surface area contributed by atoms with Gasteiger partial charge in [0.05, 0.1) is 6.07 Å². The standard InChI is InChI=1S/C4H5N2O/c1-4(2-5)6-3-7/h4H,1H3,(H,6,7). The molecule has 0 bridgehead atoms. The maximum Gasteiger partial charge on any atom is 0.310 e. The number of hydrogen-bond donors (Lipinski definition) is 1. The summed E-state index contributed by atoms with van der Waals surface area (Å²) in [4.78, 5) is 9.39. The molecule has 0 aromatic carbocycles. The van der Waals surface area contributed by atoms with Gasteiger partial charge in [-0.15, -0.1) is 0 Å². The summed E-state index contributed by atoms with van der Waals surface area (Å²) in [7, 11) is 0. The van der Waals surface area contributed by atoms with Gasteiger partial charge in [-0.3, -0.25) is 4.79 Å². The van der Waals surface area contributed by atoms with Gasteiger partial charge in [-0.25, -0.2) is 0 Å². The second-order valence-electron chi connectivity index (χ2n) is 1.10. The highest BCUT2D eigenvalue weighted by atomic mass is 16.1. The Balaban J connectivity index is 3.21. The molecule has 7 heavy (non-hydrogen) atoms. The molecule has 0 saturated carbocycles. The van der Waals surface area contributed by atoms with Gasteiger partial charge in [0, 0.05) is 0 Å². The summed E-state index contributed by atoms with van der Waals surface area (Å²) in [5.74, 6) is 0. The molecule has 0 aromatic rings. The van der Waals surface area contributed by atoms with Crippen molar-refractivity contribution in [2.75, 3.05) is 0 Å². The Labute approximate surface area is 41.9 Å². The third kappa shape index (κ3) is 2.77. The van der Waals surface area contributed by atoms with Crippen LogP contribution in [0.25, 0.3) is 0 Å². The van der Waals surface area contributed by atoms with Crippen molar-refractivity contribution in [3.8, 4) is 6.07 Å². The Morgan fingerprint density at radius 2 is 2.43 bits per heavy atom. The number of hydrogen-bond acceptors (Lipinski definition) is 2. The van der Waals surface area contributed by atoms with E-state index in [9.17, 15) is 4.79 Å². The molecule has 0 heterocycles. The number of nitrogens with one attached hydrogen (secondary N) is 1. The summed E-state index contributed by atoms with van der Waals surface area (Å²) in [6.45, 7) is 1.57. The van der Waals surface area contributed by atoms with Gasteiger partial charge in [0.1, 0.15) is 6.04 Å². The minimum absolute atomic E-state index is 0.419. The van der Waals surface area contributed by atoms with Gasteiger partial charge in [-0.1, -0.05) is 0 Å². The van der Waals surface area contributed by atoms with Crippen molar-refractivity contribution < 1.29 is 4.79 Å². The molecular formula is C4H5N2O.